The highest BCUT2D eigenvalue weighted by Gasteiger charge is 1.97. The zero-order chi connectivity index (χ0) is 11.1. The van der Waals surface area contributed by atoms with Crippen LogP contribution in [-0.4, -0.2) is 13.7 Å². The van der Waals surface area contributed by atoms with Crippen LogP contribution in [0.3, 0.4) is 0 Å². The lowest BCUT2D eigenvalue weighted by Crippen LogP contribution is -2.03. The molecule has 15 heavy (non-hydrogen) atoms. The van der Waals surface area contributed by atoms with Gasteiger partial charge in [-0.05, 0) is 36.1 Å². The minimum Gasteiger partial charge on any atom is -0.497 e. The third-order valence-electron chi connectivity index (χ3n) is 2.31. The Morgan fingerprint density at radius 3 is 2.53 bits per heavy atom. The smallest absolute Gasteiger partial charge is 0.118 e. The first kappa shape index (κ1) is 12.1. The summed E-state index contributed by atoms with van der Waals surface area (Å²) in [6.07, 6.45) is 1.87. The summed E-state index contributed by atoms with van der Waals surface area (Å²) in [6.45, 7) is 0.527. The lowest BCUT2D eigenvalue weighted by Gasteiger charge is -2.04. The van der Waals surface area contributed by atoms with Gasteiger partial charge in [-0.3, -0.25) is 0 Å². The molecule has 0 aromatic heterocycles. The van der Waals surface area contributed by atoms with Gasteiger partial charge in [-0.15, -0.1) is 0 Å². The standard InChI is InChI=1S/C12H16ClNO/c1-15-12-6-4-10(5-7-12)2-3-11(8-13)9-14/h4-8H,2-3,9,14H2,1H3/b11-8+. The molecular weight excluding hydrogens is 210 g/mol. The number of nitrogens with two attached hydrogens (primary N) is 1. The van der Waals surface area contributed by atoms with Gasteiger partial charge in [-0.2, -0.15) is 0 Å². The first-order valence-corrected chi connectivity index (χ1v) is 5.35. The van der Waals surface area contributed by atoms with Crippen molar-refractivity contribution in [2.75, 3.05) is 13.7 Å². The Balaban J connectivity index is 2.51. The van der Waals surface area contributed by atoms with Gasteiger partial charge in [0, 0.05) is 12.1 Å². The molecule has 3 heteroatoms. The molecule has 0 saturated carbocycles. The average molecular weight is 226 g/mol. The lowest BCUT2D eigenvalue weighted by molar-refractivity contribution is 0.414. The Morgan fingerprint density at radius 1 is 1.40 bits per heavy atom. The van der Waals surface area contributed by atoms with Crippen LogP contribution in [-0.2, 0) is 6.42 Å². The molecule has 0 aliphatic carbocycles. The molecule has 0 fully saturated rings. The topological polar surface area (TPSA) is 35.2 Å². The van der Waals surface area contributed by atoms with E-state index in [-0.39, 0.29) is 0 Å². The van der Waals surface area contributed by atoms with Gasteiger partial charge >= 0.3 is 0 Å². The van der Waals surface area contributed by atoms with E-state index in [9.17, 15) is 0 Å². The molecule has 0 heterocycles. The predicted octanol–water partition coefficient (Wildman–Crippen LogP) is 2.71. The van der Waals surface area contributed by atoms with Gasteiger partial charge in [0.15, 0.2) is 0 Å². The summed E-state index contributed by atoms with van der Waals surface area (Å²) >= 11 is 5.62. The molecule has 82 valence electrons. The normalized spacial score (nSPS) is 11.5. The zero-order valence-electron chi connectivity index (χ0n) is 8.87. The highest BCUT2D eigenvalue weighted by atomic mass is 35.5. The molecule has 1 aromatic rings. The molecule has 1 rings (SSSR count). The summed E-state index contributed by atoms with van der Waals surface area (Å²) in [5.74, 6) is 0.880. The van der Waals surface area contributed by atoms with Gasteiger partial charge in [-0.1, -0.05) is 23.7 Å². The van der Waals surface area contributed by atoms with Crippen molar-refractivity contribution in [2.45, 2.75) is 12.8 Å². The van der Waals surface area contributed by atoms with E-state index >= 15 is 0 Å². The van der Waals surface area contributed by atoms with Crippen LogP contribution < -0.4 is 10.5 Å². The number of hydrogen-bond acceptors (Lipinski definition) is 2. The molecule has 2 N–H and O–H groups in total. The van der Waals surface area contributed by atoms with E-state index in [2.05, 4.69) is 12.1 Å². The minimum absolute atomic E-state index is 0.527. The van der Waals surface area contributed by atoms with Crippen LogP contribution in [0.2, 0.25) is 0 Å². The molecule has 0 radical (unpaired) electrons. The molecule has 0 saturated heterocycles. The highest BCUT2D eigenvalue weighted by molar-refractivity contribution is 6.25. The summed E-state index contributed by atoms with van der Waals surface area (Å²) in [5.41, 5.74) is 9.43. The quantitative estimate of drug-likeness (QED) is 0.837. The Kier molecular flexibility index (Phi) is 5.22. The van der Waals surface area contributed by atoms with E-state index in [1.54, 1.807) is 12.6 Å². The summed E-state index contributed by atoms with van der Waals surface area (Å²) in [5, 5.41) is 0. The third-order valence-corrected chi connectivity index (χ3v) is 2.62. The monoisotopic (exact) mass is 225 g/mol. The SMILES string of the molecule is COc1ccc(CC/C(=C\Cl)CN)cc1. The second kappa shape index (κ2) is 6.49. The molecule has 0 spiro atoms. The summed E-state index contributed by atoms with van der Waals surface area (Å²) in [7, 11) is 1.66. The van der Waals surface area contributed by atoms with Crippen LogP contribution in [0.15, 0.2) is 35.4 Å². The van der Waals surface area contributed by atoms with Crippen LogP contribution in [0.5, 0.6) is 5.75 Å². The van der Waals surface area contributed by atoms with Crippen molar-refractivity contribution in [1.29, 1.82) is 0 Å². The molecule has 0 aliphatic rings. The van der Waals surface area contributed by atoms with Crippen molar-refractivity contribution in [3.05, 3.63) is 40.9 Å². The number of methoxy groups -OCH3 is 1. The summed E-state index contributed by atoms with van der Waals surface area (Å²) in [6, 6.07) is 8.03. The Hall–Kier alpha value is -0.990. The van der Waals surface area contributed by atoms with Crippen LogP contribution in [0, 0.1) is 0 Å². The van der Waals surface area contributed by atoms with E-state index in [1.165, 1.54) is 5.56 Å². The zero-order valence-corrected chi connectivity index (χ0v) is 9.63. The Labute approximate surface area is 95.7 Å². The fourth-order valence-electron chi connectivity index (χ4n) is 1.30. The molecule has 1 aromatic carbocycles. The van der Waals surface area contributed by atoms with E-state index in [1.807, 2.05) is 12.1 Å². The van der Waals surface area contributed by atoms with E-state index in [0.717, 1.165) is 24.2 Å². The number of halogens is 1. The van der Waals surface area contributed by atoms with Gasteiger partial charge in [-0.25, -0.2) is 0 Å². The number of aryl methyl sites for hydroxylation is 1. The number of benzene rings is 1. The Bertz CT molecular complexity index is 319. The fraction of sp³-hybridized carbons (Fsp3) is 0.333. The van der Waals surface area contributed by atoms with Crippen LogP contribution in [0.4, 0.5) is 0 Å². The number of ether oxygens (including phenoxy) is 1. The lowest BCUT2D eigenvalue weighted by atomic mass is 10.1. The van der Waals surface area contributed by atoms with E-state index in [0.29, 0.717) is 6.54 Å². The Morgan fingerprint density at radius 2 is 2.07 bits per heavy atom. The molecule has 0 aliphatic heterocycles. The third kappa shape index (κ3) is 3.94. The summed E-state index contributed by atoms with van der Waals surface area (Å²) < 4.78 is 5.08. The van der Waals surface area contributed by atoms with E-state index < -0.39 is 0 Å². The maximum Gasteiger partial charge on any atom is 0.118 e. The van der Waals surface area contributed by atoms with Gasteiger partial charge in [0.05, 0.1) is 7.11 Å². The highest BCUT2D eigenvalue weighted by Crippen LogP contribution is 2.14. The second-order valence-electron chi connectivity index (χ2n) is 3.32. The van der Waals surface area contributed by atoms with Gasteiger partial charge in [0.25, 0.3) is 0 Å². The van der Waals surface area contributed by atoms with E-state index in [4.69, 9.17) is 22.1 Å². The largest absolute Gasteiger partial charge is 0.497 e. The second-order valence-corrected chi connectivity index (χ2v) is 3.54. The van der Waals surface area contributed by atoms with Gasteiger partial charge < -0.3 is 10.5 Å². The molecule has 0 amide bonds. The van der Waals surface area contributed by atoms with Crippen molar-refractivity contribution in [1.82, 2.24) is 0 Å². The average Bonchev–Trinajstić information content (AvgIpc) is 2.31. The molecule has 0 atom stereocenters. The number of rotatable bonds is 5. The van der Waals surface area contributed by atoms with Crippen LogP contribution >= 0.6 is 11.6 Å². The first-order valence-electron chi connectivity index (χ1n) is 4.91. The molecule has 0 unspecified atom stereocenters. The van der Waals surface area contributed by atoms with Crippen molar-refractivity contribution in [3.8, 4) is 5.75 Å². The predicted molar refractivity (Wildman–Crippen MR) is 64.3 cm³/mol. The van der Waals surface area contributed by atoms with Gasteiger partial charge in [0.2, 0.25) is 0 Å². The fourth-order valence-corrected chi connectivity index (χ4v) is 1.50. The maximum absolute atomic E-state index is 5.62. The van der Waals surface area contributed by atoms with Crippen molar-refractivity contribution in [3.63, 3.8) is 0 Å². The molecule has 2 nitrogen and oxygen atoms in total. The summed E-state index contributed by atoms with van der Waals surface area (Å²) in [4.78, 5) is 0. The van der Waals surface area contributed by atoms with Crippen LogP contribution in [0.1, 0.15) is 12.0 Å². The number of hydrogen-bond donors (Lipinski definition) is 1. The first-order chi connectivity index (χ1) is 7.30. The van der Waals surface area contributed by atoms with Gasteiger partial charge in [0.1, 0.15) is 5.75 Å². The molecular formula is C12H16ClNO. The minimum atomic E-state index is 0.527. The van der Waals surface area contributed by atoms with Crippen LogP contribution in [0.25, 0.3) is 0 Å². The van der Waals surface area contributed by atoms with Crippen molar-refractivity contribution >= 4 is 11.6 Å². The maximum atomic E-state index is 5.62. The van der Waals surface area contributed by atoms with Crippen molar-refractivity contribution in [2.24, 2.45) is 5.73 Å². The molecule has 0 bridgehead atoms. The van der Waals surface area contributed by atoms with Crippen molar-refractivity contribution < 1.29 is 4.74 Å².